The van der Waals surface area contributed by atoms with E-state index in [-0.39, 0.29) is 5.89 Å². The lowest BCUT2D eigenvalue weighted by Crippen LogP contribution is -2.00. The Kier molecular flexibility index (Phi) is 2.82. The van der Waals surface area contributed by atoms with Crippen LogP contribution in [0, 0.1) is 24.4 Å². The third-order valence-corrected chi connectivity index (χ3v) is 2.19. The molecule has 1 aromatic carbocycles. The first kappa shape index (κ1) is 12.2. The fourth-order valence-electron chi connectivity index (χ4n) is 1.45. The van der Waals surface area contributed by atoms with Gasteiger partial charge in [0.15, 0.2) is 29.0 Å². The van der Waals surface area contributed by atoms with Gasteiger partial charge in [-0.25, -0.2) is 22.9 Å². The molecular formula is C11H6F3NO3. The number of carboxylic acid groups (broad SMARTS) is 1. The molecule has 0 radical (unpaired) electrons. The largest absolute Gasteiger partial charge is 0.476 e. The highest BCUT2D eigenvalue weighted by molar-refractivity contribution is 5.92. The van der Waals surface area contributed by atoms with Crippen LogP contribution in [0.15, 0.2) is 16.5 Å². The second kappa shape index (κ2) is 4.17. The molecule has 94 valence electrons. The molecule has 18 heavy (non-hydrogen) atoms. The molecule has 0 saturated carbocycles. The summed E-state index contributed by atoms with van der Waals surface area (Å²) in [5, 5.41) is 8.84. The molecule has 0 unspecified atom stereocenters. The Balaban J connectivity index is 2.69. The lowest BCUT2D eigenvalue weighted by molar-refractivity contribution is 0.0691. The first-order valence-corrected chi connectivity index (χ1v) is 4.75. The molecular weight excluding hydrogens is 251 g/mol. The fourth-order valence-corrected chi connectivity index (χ4v) is 1.45. The van der Waals surface area contributed by atoms with Crippen molar-refractivity contribution in [2.75, 3.05) is 0 Å². The van der Waals surface area contributed by atoms with Crippen LogP contribution in [-0.4, -0.2) is 16.1 Å². The highest BCUT2D eigenvalue weighted by Crippen LogP contribution is 2.29. The maximum atomic E-state index is 13.5. The van der Waals surface area contributed by atoms with Crippen LogP contribution in [0.3, 0.4) is 0 Å². The molecule has 0 aliphatic heterocycles. The highest BCUT2D eigenvalue weighted by atomic mass is 19.2. The molecule has 1 aromatic heterocycles. The van der Waals surface area contributed by atoms with Gasteiger partial charge < -0.3 is 9.52 Å². The van der Waals surface area contributed by atoms with Crippen LogP contribution in [0.4, 0.5) is 13.2 Å². The zero-order chi connectivity index (χ0) is 13.4. The van der Waals surface area contributed by atoms with Crippen LogP contribution in [-0.2, 0) is 0 Å². The van der Waals surface area contributed by atoms with Gasteiger partial charge in [0.25, 0.3) is 0 Å². The van der Waals surface area contributed by atoms with Gasteiger partial charge in [-0.3, -0.25) is 0 Å². The smallest absolute Gasteiger partial charge is 0.358 e. The van der Waals surface area contributed by atoms with Crippen LogP contribution in [0.25, 0.3) is 11.3 Å². The number of carbonyl (C=O) groups is 1. The summed E-state index contributed by atoms with van der Waals surface area (Å²) >= 11 is 0. The predicted molar refractivity (Wildman–Crippen MR) is 53.5 cm³/mol. The minimum absolute atomic E-state index is 0.0217. The van der Waals surface area contributed by atoms with E-state index >= 15 is 0 Å². The summed E-state index contributed by atoms with van der Waals surface area (Å²) in [6.07, 6.45) is 0. The third-order valence-electron chi connectivity index (χ3n) is 2.19. The summed E-state index contributed by atoms with van der Waals surface area (Å²) in [4.78, 5) is 14.4. The second-order valence-electron chi connectivity index (χ2n) is 3.46. The minimum Gasteiger partial charge on any atom is -0.476 e. The Morgan fingerprint density at radius 3 is 2.44 bits per heavy atom. The highest BCUT2D eigenvalue weighted by Gasteiger charge is 2.23. The molecule has 0 atom stereocenters. The van der Waals surface area contributed by atoms with Crippen molar-refractivity contribution in [2.45, 2.75) is 6.92 Å². The maximum Gasteiger partial charge on any atom is 0.358 e. The van der Waals surface area contributed by atoms with Crippen molar-refractivity contribution in [3.63, 3.8) is 0 Å². The second-order valence-corrected chi connectivity index (χ2v) is 3.46. The number of carboxylic acids is 1. The molecule has 2 aromatic rings. The van der Waals surface area contributed by atoms with Crippen molar-refractivity contribution in [2.24, 2.45) is 0 Å². The van der Waals surface area contributed by atoms with E-state index in [1.54, 1.807) is 0 Å². The van der Waals surface area contributed by atoms with Gasteiger partial charge in [0.05, 0.1) is 5.56 Å². The van der Waals surface area contributed by atoms with E-state index in [1.807, 2.05) is 0 Å². The molecule has 2 rings (SSSR count). The zero-order valence-corrected chi connectivity index (χ0v) is 9.00. The fraction of sp³-hybridized carbons (Fsp3) is 0.0909. The minimum atomic E-state index is -1.45. The summed E-state index contributed by atoms with van der Waals surface area (Å²) in [6.45, 7) is 1.35. The third kappa shape index (κ3) is 1.94. The topological polar surface area (TPSA) is 63.3 Å². The first-order chi connectivity index (χ1) is 8.40. The lowest BCUT2D eigenvalue weighted by atomic mass is 10.1. The van der Waals surface area contributed by atoms with Crippen molar-refractivity contribution >= 4 is 5.97 Å². The number of aromatic carboxylic acids is 1. The Labute approximate surface area is 98.7 Å². The van der Waals surface area contributed by atoms with Crippen molar-refractivity contribution < 1.29 is 27.5 Å². The monoisotopic (exact) mass is 257 g/mol. The number of halogens is 3. The van der Waals surface area contributed by atoms with E-state index in [2.05, 4.69) is 4.98 Å². The van der Waals surface area contributed by atoms with Crippen LogP contribution in [0.1, 0.15) is 16.4 Å². The van der Waals surface area contributed by atoms with Gasteiger partial charge in [-0.15, -0.1) is 0 Å². The van der Waals surface area contributed by atoms with Crippen LogP contribution in [0.2, 0.25) is 0 Å². The molecule has 0 spiro atoms. The van der Waals surface area contributed by atoms with Crippen LogP contribution < -0.4 is 0 Å². The van der Waals surface area contributed by atoms with E-state index in [9.17, 15) is 18.0 Å². The zero-order valence-electron chi connectivity index (χ0n) is 9.00. The number of rotatable bonds is 2. The van der Waals surface area contributed by atoms with Gasteiger partial charge in [0.1, 0.15) is 5.82 Å². The molecule has 1 N–H and O–H groups in total. The molecule has 4 nitrogen and oxygen atoms in total. The quantitative estimate of drug-likeness (QED) is 0.840. The number of nitrogens with zero attached hydrogens (tertiary/aromatic N) is 1. The Hall–Kier alpha value is -2.31. The summed E-state index contributed by atoms with van der Waals surface area (Å²) in [6, 6.07) is 0.839. The summed E-state index contributed by atoms with van der Waals surface area (Å²) in [7, 11) is 0. The molecule has 0 fully saturated rings. The van der Waals surface area contributed by atoms with E-state index in [1.165, 1.54) is 6.92 Å². The first-order valence-electron chi connectivity index (χ1n) is 4.75. The SMILES string of the molecule is Cc1nc(C(=O)O)c(-c2cc(F)c(F)cc2F)o1. The molecule has 0 aliphatic rings. The van der Waals surface area contributed by atoms with Crippen molar-refractivity contribution in [3.8, 4) is 11.3 Å². The Morgan fingerprint density at radius 1 is 1.22 bits per heavy atom. The molecule has 0 amide bonds. The van der Waals surface area contributed by atoms with E-state index in [4.69, 9.17) is 9.52 Å². The normalized spacial score (nSPS) is 10.7. The Bertz CT molecular complexity index is 637. The van der Waals surface area contributed by atoms with Crippen molar-refractivity contribution in [1.29, 1.82) is 0 Å². The van der Waals surface area contributed by atoms with Gasteiger partial charge >= 0.3 is 5.97 Å². The van der Waals surface area contributed by atoms with E-state index in [0.29, 0.717) is 12.1 Å². The number of hydrogen-bond acceptors (Lipinski definition) is 3. The molecule has 0 aliphatic carbocycles. The number of aryl methyl sites for hydroxylation is 1. The van der Waals surface area contributed by atoms with Gasteiger partial charge in [-0.05, 0) is 6.07 Å². The van der Waals surface area contributed by atoms with Gasteiger partial charge in [-0.2, -0.15) is 0 Å². The summed E-state index contributed by atoms with van der Waals surface area (Å²) in [5.74, 6) is -5.73. The molecule has 7 heteroatoms. The van der Waals surface area contributed by atoms with Crippen LogP contribution in [0.5, 0.6) is 0 Å². The molecule has 0 saturated heterocycles. The van der Waals surface area contributed by atoms with Gasteiger partial charge in [0.2, 0.25) is 0 Å². The van der Waals surface area contributed by atoms with Gasteiger partial charge in [-0.1, -0.05) is 0 Å². The average Bonchev–Trinajstić information content (AvgIpc) is 2.65. The number of aromatic nitrogens is 1. The van der Waals surface area contributed by atoms with Gasteiger partial charge in [0, 0.05) is 13.0 Å². The molecule has 1 heterocycles. The van der Waals surface area contributed by atoms with Crippen molar-refractivity contribution in [1.82, 2.24) is 4.98 Å². The summed E-state index contributed by atoms with van der Waals surface area (Å²) < 4.78 is 44.2. The lowest BCUT2D eigenvalue weighted by Gasteiger charge is -2.01. The number of hydrogen-bond donors (Lipinski definition) is 1. The summed E-state index contributed by atoms with van der Waals surface area (Å²) in [5.41, 5.74) is -1.05. The maximum absolute atomic E-state index is 13.5. The average molecular weight is 257 g/mol. The molecule has 0 bridgehead atoms. The number of oxazole rings is 1. The predicted octanol–water partition coefficient (Wildman–Crippen LogP) is 2.77. The Morgan fingerprint density at radius 2 is 1.83 bits per heavy atom. The van der Waals surface area contributed by atoms with Crippen molar-refractivity contribution in [3.05, 3.63) is 41.2 Å². The standard InChI is InChI=1S/C11H6F3NO3/c1-4-15-9(11(16)17)10(18-4)5-2-7(13)8(14)3-6(5)12/h2-3H,1H3,(H,16,17). The number of benzene rings is 1. The van der Waals surface area contributed by atoms with E-state index in [0.717, 1.165) is 0 Å². The van der Waals surface area contributed by atoms with E-state index < -0.39 is 40.4 Å². The van der Waals surface area contributed by atoms with Crippen LogP contribution >= 0.6 is 0 Å².